The SMILES string of the molecule is CCCCCCCCCCCCCCCCCCNC(=O)[C@@H](NC(=O)OCCCCCCCCCCCCCC)[C@@H](C)CC. The Balaban J connectivity index is 3.74. The second-order valence-corrected chi connectivity index (χ2v) is 13.6. The van der Waals surface area contributed by atoms with Crippen molar-refractivity contribution < 1.29 is 14.3 Å². The maximum absolute atomic E-state index is 12.8. The molecule has 0 heterocycles. The van der Waals surface area contributed by atoms with Gasteiger partial charge in [-0.25, -0.2) is 4.79 Å². The maximum atomic E-state index is 12.8. The molecule has 0 rings (SSSR count). The van der Waals surface area contributed by atoms with E-state index in [1.54, 1.807) is 0 Å². The lowest BCUT2D eigenvalue weighted by atomic mass is 9.98. The highest BCUT2D eigenvalue weighted by Gasteiger charge is 2.26. The van der Waals surface area contributed by atoms with Gasteiger partial charge in [0, 0.05) is 6.54 Å². The summed E-state index contributed by atoms with van der Waals surface area (Å²) in [6.45, 7) is 9.73. The Morgan fingerprint density at radius 1 is 0.500 bits per heavy atom. The first kappa shape index (κ1) is 42.7. The van der Waals surface area contributed by atoms with Gasteiger partial charge >= 0.3 is 6.09 Å². The summed E-state index contributed by atoms with van der Waals surface area (Å²) >= 11 is 0. The van der Waals surface area contributed by atoms with Crippen molar-refractivity contribution in [1.82, 2.24) is 10.6 Å². The number of rotatable bonds is 34. The fourth-order valence-electron chi connectivity index (χ4n) is 5.97. The molecule has 0 aromatic rings. The summed E-state index contributed by atoms with van der Waals surface area (Å²) in [5, 5.41) is 5.91. The fraction of sp³-hybridized carbons (Fsp3) is 0.949. The Hall–Kier alpha value is -1.26. The first-order valence-electron chi connectivity index (χ1n) is 19.8. The number of carbonyl (C=O) groups is 2. The van der Waals surface area contributed by atoms with E-state index in [1.165, 1.54) is 154 Å². The molecule has 0 bridgehead atoms. The van der Waals surface area contributed by atoms with Crippen LogP contribution in [0.3, 0.4) is 0 Å². The molecule has 2 atom stereocenters. The molecule has 262 valence electrons. The predicted molar refractivity (Wildman–Crippen MR) is 191 cm³/mol. The van der Waals surface area contributed by atoms with Crippen LogP contribution in [0, 0.1) is 5.92 Å². The Morgan fingerprint density at radius 2 is 0.841 bits per heavy atom. The van der Waals surface area contributed by atoms with E-state index in [2.05, 4.69) is 31.4 Å². The van der Waals surface area contributed by atoms with Crippen LogP contribution in [0.15, 0.2) is 0 Å². The Bertz CT molecular complexity index is 612. The molecule has 0 radical (unpaired) electrons. The van der Waals surface area contributed by atoms with Crippen LogP contribution in [0.5, 0.6) is 0 Å². The number of amides is 2. The molecule has 0 aliphatic heterocycles. The summed E-state index contributed by atoms with van der Waals surface area (Å²) in [5.74, 6) is -0.0115. The lowest BCUT2D eigenvalue weighted by molar-refractivity contribution is -0.124. The summed E-state index contributed by atoms with van der Waals surface area (Å²) in [7, 11) is 0. The molecule has 0 aliphatic carbocycles. The van der Waals surface area contributed by atoms with Gasteiger partial charge in [0.25, 0.3) is 0 Å². The molecule has 5 heteroatoms. The molecule has 0 saturated carbocycles. The zero-order valence-electron chi connectivity index (χ0n) is 30.3. The van der Waals surface area contributed by atoms with Gasteiger partial charge in [0.05, 0.1) is 6.61 Å². The van der Waals surface area contributed by atoms with Crippen molar-refractivity contribution in [3.63, 3.8) is 0 Å². The molecular weight excluding hydrogens is 544 g/mol. The molecule has 0 fully saturated rings. The quantitative estimate of drug-likeness (QED) is 0.0701. The van der Waals surface area contributed by atoms with Gasteiger partial charge in [-0.2, -0.15) is 0 Å². The number of hydrogen-bond donors (Lipinski definition) is 2. The van der Waals surface area contributed by atoms with E-state index in [9.17, 15) is 9.59 Å². The second kappa shape index (κ2) is 34.6. The van der Waals surface area contributed by atoms with Crippen molar-refractivity contribution in [2.45, 2.75) is 220 Å². The smallest absolute Gasteiger partial charge is 0.407 e. The van der Waals surface area contributed by atoms with Crippen molar-refractivity contribution in [3.05, 3.63) is 0 Å². The van der Waals surface area contributed by atoms with Gasteiger partial charge in [-0.15, -0.1) is 0 Å². The van der Waals surface area contributed by atoms with E-state index < -0.39 is 12.1 Å². The largest absolute Gasteiger partial charge is 0.450 e. The minimum Gasteiger partial charge on any atom is -0.450 e. The number of ether oxygens (including phenoxy) is 1. The van der Waals surface area contributed by atoms with E-state index >= 15 is 0 Å². The standard InChI is InChI=1S/C39H78N2O3/c1-5-8-10-12-14-16-18-20-21-22-23-24-26-28-30-32-34-40-38(42)37(36(4)7-3)41-39(43)44-35-33-31-29-27-25-19-17-15-13-11-9-6-2/h36-37H,5-35H2,1-4H3,(H,40,42)(H,41,43)/t36-,37-/m0/s1. The molecular formula is C39H78N2O3. The van der Waals surface area contributed by atoms with Gasteiger partial charge in [-0.05, 0) is 18.8 Å². The van der Waals surface area contributed by atoms with Gasteiger partial charge in [0.15, 0.2) is 0 Å². The Kier molecular flexibility index (Phi) is 33.6. The monoisotopic (exact) mass is 623 g/mol. The average molecular weight is 623 g/mol. The van der Waals surface area contributed by atoms with Crippen LogP contribution in [0.25, 0.3) is 0 Å². The lowest BCUT2D eigenvalue weighted by Gasteiger charge is -2.23. The van der Waals surface area contributed by atoms with Gasteiger partial charge in [-0.3, -0.25) is 4.79 Å². The minimum absolute atomic E-state index is 0.0694. The topological polar surface area (TPSA) is 67.4 Å². The number of nitrogens with one attached hydrogen (secondary N) is 2. The van der Waals surface area contributed by atoms with E-state index in [4.69, 9.17) is 4.74 Å². The van der Waals surface area contributed by atoms with Gasteiger partial charge in [0.1, 0.15) is 6.04 Å². The lowest BCUT2D eigenvalue weighted by Crippen LogP contribution is -2.50. The Morgan fingerprint density at radius 3 is 1.20 bits per heavy atom. The van der Waals surface area contributed by atoms with E-state index in [-0.39, 0.29) is 11.8 Å². The molecule has 0 aromatic carbocycles. The Labute approximate surface area is 275 Å². The predicted octanol–water partition coefficient (Wildman–Crippen LogP) is 12.2. The van der Waals surface area contributed by atoms with Gasteiger partial charge < -0.3 is 15.4 Å². The highest BCUT2D eigenvalue weighted by atomic mass is 16.5. The number of alkyl carbamates (subject to hydrolysis) is 1. The molecule has 0 saturated heterocycles. The summed E-state index contributed by atoms with van der Waals surface area (Å²) in [5.41, 5.74) is 0. The van der Waals surface area contributed by atoms with Crippen LogP contribution >= 0.6 is 0 Å². The van der Waals surface area contributed by atoms with Crippen LogP contribution in [0.1, 0.15) is 214 Å². The van der Waals surface area contributed by atoms with Crippen LogP contribution in [-0.4, -0.2) is 31.2 Å². The average Bonchev–Trinajstić information content (AvgIpc) is 3.03. The zero-order chi connectivity index (χ0) is 32.4. The zero-order valence-corrected chi connectivity index (χ0v) is 30.3. The number of carbonyl (C=O) groups excluding carboxylic acids is 2. The van der Waals surface area contributed by atoms with Crippen molar-refractivity contribution >= 4 is 12.0 Å². The van der Waals surface area contributed by atoms with Crippen molar-refractivity contribution in [2.24, 2.45) is 5.92 Å². The van der Waals surface area contributed by atoms with E-state index in [1.807, 2.05) is 6.92 Å². The van der Waals surface area contributed by atoms with Crippen LogP contribution in [0.4, 0.5) is 4.79 Å². The maximum Gasteiger partial charge on any atom is 0.407 e. The normalized spacial score (nSPS) is 12.6. The first-order valence-corrected chi connectivity index (χ1v) is 19.8. The van der Waals surface area contributed by atoms with Crippen LogP contribution < -0.4 is 10.6 Å². The summed E-state index contributed by atoms with van der Waals surface area (Å²) in [6.07, 6.45) is 37.2. The number of unbranched alkanes of at least 4 members (excludes halogenated alkanes) is 26. The van der Waals surface area contributed by atoms with Crippen LogP contribution in [-0.2, 0) is 9.53 Å². The summed E-state index contributed by atoms with van der Waals surface area (Å²) in [6, 6.07) is -0.532. The fourth-order valence-corrected chi connectivity index (χ4v) is 5.97. The summed E-state index contributed by atoms with van der Waals surface area (Å²) < 4.78 is 5.42. The minimum atomic E-state index is -0.532. The number of hydrogen-bond acceptors (Lipinski definition) is 3. The van der Waals surface area contributed by atoms with Gasteiger partial charge in [-0.1, -0.05) is 201 Å². The third-order valence-corrected chi connectivity index (χ3v) is 9.33. The van der Waals surface area contributed by atoms with Crippen molar-refractivity contribution in [2.75, 3.05) is 13.2 Å². The molecule has 0 aliphatic rings. The van der Waals surface area contributed by atoms with E-state index in [0.717, 1.165) is 32.1 Å². The van der Waals surface area contributed by atoms with Crippen LogP contribution in [0.2, 0.25) is 0 Å². The highest BCUT2D eigenvalue weighted by molar-refractivity contribution is 5.85. The third-order valence-electron chi connectivity index (χ3n) is 9.33. The molecule has 0 spiro atoms. The molecule has 44 heavy (non-hydrogen) atoms. The highest BCUT2D eigenvalue weighted by Crippen LogP contribution is 2.15. The molecule has 0 unspecified atom stereocenters. The first-order chi connectivity index (χ1) is 21.6. The molecule has 5 nitrogen and oxygen atoms in total. The van der Waals surface area contributed by atoms with Crippen molar-refractivity contribution in [3.8, 4) is 0 Å². The second-order valence-electron chi connectivity index (χ2n) is 13.6. The molecule has 2 amide bonds. The molecule has 0 aromatic heterocycles. The third kappa shape index (κ3) is 29.5. The van der Waals surface area contributed by atoms with Crippen molar-refractivity contribution in [1.29, 1.82) is 0 Å². The molecule has 2 N–H and O–H groups in total. The summed E-state index contributed by atoms with van der Waals surface area (Å²) in [4.78, 5) is 25.2. The van der Waals surface area contributed by atoms with Gasteiger partial charge in [0.2, 0.25) is 5.91 Å². The van der Waals surface area contributed by atoms with E-state index in [0.29, 0.717) is 13.2 Å².